The maximum Gasteiger partial charge on any atom is 0.0738 e. The first-order valence-electron chi connectivity index (χ1n) is 6.50. The lowest BCUT2D eigenvalue weighted by molar-refractivity contribution is 0.504. The van der Waals surface area contributed by atoms with Crippen molar-refractivity contribution in [2.24, 2.45) is 12.9 Å². The van der Waals surface area contributed by atoms with Crippen LogP contribution in [0.2, 0.25) is 10.0 Å². The van der Waals surface area contributed by atoms with Crippen LogP contribution in [0.5, 0.6) is 0 Å². The van der Waals surface area contributed by atoms with Crippen molar-refractivity contribution in [3.05, 3.63) is 49.7 Å². The van der Waals surface area contributed by atoms with Gasteiger partial charge in [-0.15, -0.1) is 0 Å². The number of nitrogens with zero attached hydrogens (tertiary/aromatic N) is 2. The zero-order valence-electron chi connectivity index (χ0n) is 11.8. The summed E-state index contributed by atoms with van der Waals surface area (Å²) in [6, 6.07) is 5.71. The van der Waals surface area contributed by atoms with Gasteiger partial charge in [0.25, 0.3) is 0 Å². The summed E-state index contributed by atoms with van der Waals surface area (Å²) < 4.78 is 2.90. The third kappa shape index (κ3) is 3.99. The number of hydrogen-bond acceptors (Lipinski definition) is 3. The molecular weight excluding hydrogens is 375 g/mol. The molecule has 7 heteroatoms. The van der Waals surface area contributed by atoms with E-state index in [0.717, 1.165) is 34.3 Å². The summed E-state index contributed by atoms with van der Waals surface area (Å²) in [6.07, 6.45) is 1.51. The summed E-state index contributed by atoms with van der Waals surface area (Å²) in [5.41, 5.74) is 6.02. The average molecular weight is 392 g/mol. The third-order valence-corrected chi connectivity index (χ3v) is 5.17. The van der Waals surface area contributed by atoms with Crippen molar-refractivity contribution < 1.29 is 0 Å². The number of aromatic nitrogens is 2. The minimum atomic E-state index is 0.0772. The molecule has 2 rings (SSSR count). The molecule has 0 aliphatic rings. The SMILES string of the molecule is Cc1nn(C)c(CC(Cc2ccc(Cl)c(Cl)c2)NN)c1Br. The Balaban J connectivity index is 2.14. The fourth-order valence-corrected chi connectivity index (χ4v) is 3.09. The molecule has 0 saturated carbocycles. The van der Waals surface area contributed by atoms with Gasteiger partial charge in [0.2, 0.25) is 0 Å². The lowest BCUT2D eigenvalue weighted by Crippen LogP contribution is -2.39. The van der Waals surface area contributed by atoms with E-state index in [9.17, 15) is 0 Å². The molecule has 0 saturated heterocycles. The Kier molecular flexibility index (Phi) is 5.68. The fraction of sp³-hybridized carbons (Fsp3) is 0.357. The number of hydrazine groups is 1. The van der Waals surface area contributed by atoms with Crippen LogP contribution in [0, 0.1) is 6.92 Å². The number of nitrogens with two attached hydrogens (primary N) is 1. The molecule has 0 radical (unpaired) electrons. The fourth-order valence-electron chi connectivity index (χ4n) is 2.28. The lowest BCUT2D eigenvalue weighted by atomic mass is 10.0. The highest BCUT2D eigenvalue weighted by atomic mass is 79.9. The number of halogens is 3. The van der Waals surface area contributed by atoms with E-state index >= 15 is 0 Å². The molecule has 1 aromatic heterocycles. The molecule has 3 N–H and O–H groups in total. The topological polar surface area (TPSA) is 55.9 Å². The molecule has 1 aromatic carbocycles. The van der Waals surface area contributed by atoms with Gasteiger partial charge in [-0.1, -0.05) is 29.3 Å². The summed E-state index contributed by atoms with van der Waals surface area (Å²) in [5, 5.41) is 5.51. The van der Waals surface area contributed by atoms with Crippen molar-refractivity contribution in [2.45, 2.75) is 25.8 Å². The molecule has 0 amide bonds. The van der Waals surface area contributed by atoms with E-state index in [0.29, 0.717) is 10.0 Å². The summed E-state index contributed by atoms with van der Waals surface area (Å²) in [7, 11) is 1.93. The zero-order chi connectivity index (χ0) is 15.6. The predicted molar refractivity (Wildman–Crippen MR) is 90.6 cm³/mol. The first kappa shape index (κ1) is 16.8. The van der Waals surface area contributed by atoms with Crippen molar-refractivity contribution >= 4 is 39.1 Å². The molecule has 1 heterocycles. The van der Waals surface area contributed by atoms with Crippen molar-refractivity contribution in [1.29, 1.82) is 0 Å². The van der Waals surface area contributed by atoms with Crippen LogP contribution >= 0.6 is 39.1 Å². The zero-order valence-corrected chi connectivity index (χ0v) is 14.9. The van der Waals surface area contributed by atoms with E-state index in [1.54, 1.807) is 6.07 Å². The Hall–Kier alpha value is -0.590. The Labute approximate surface area is 142 Å². The van der Waals surface area contributed by atoms with Gasteiger partial charge in [0.15, 0.2) is 0 Å². The van der Waals surface area contributed by atoms with Gasteiger partial charge in [-0.25, -0.2) is 0 Å². The van der Waals surface area contributed by atoms with Crippen LogP contribution in [0.1, 0.15) is 17.0 Å². The van der Waals surface area contributed by atoms with Gasteiger partial charge in [0, 0.05) is 19.5 Å². The highest BCUT2D eigenvalue weighted by molar-refractivity contribution is 9.10. The van der Waals surface area contributed by atoms with Crippen molar-refractivity contribution in [3.8, 4) is 0 Å². The molecule has 0 aliphatic heterocycles. The van der Waals surface area contributed by atoms with Gasteiger partial charge in [-0.3, -0.25) is 16.0 Å². The van der Waals surface area contributed by atoms with E-state index < -0.39 is 0 Å². The van der Waals surface area contributed by atoms with Crippen molar-refractivity contribution in [2.75, 3.05) is 0 Å². The van der Waals surface area contributed by atoms with Crippen LogP contribution in [-0.2, 0) is 19.9 Å². The van der Waals surface area contributed by atoms with E-state index in [1.807, 2.05) is 30.8 Å². The minimum Gasteiger partial charge on any atom is -0.271 e. The molecule has 1 atom stereocenters. The minimum absolute atomic E-state index is 0.0772. The standard InChI is InChI=1S/C14H17BrCl2N4/c1-8-14(15)13(21(2)20-8)7-10(19-18)5-9-3-4-11(16)12(17)6-9/h3-4,6,10,19H,5,7,18H2,1-2H3. The summed E-state index contributed by atoms with van der Waals surface area (Å²) in [5.74, 6) is 5.69. The average Bonchev–Trinajstić information content (AvgIpc) is 2.68. The monoisotopic (exact) mass is 390 g/mol. The van der Waals surface area contributed by atoms with E-state index in [2.05, 4.69) is 26.5 Å². The molecular formula is C14H17BrCl2N4. The van der Waals surface area contributed by atoms with Gasteiger partial charge >= 0.3 is 0 Å². The molecule has 0 fully saturated rings. The van der Waals surface area contributed by atoms with Gasteiger partial charge in [-0.05, 0) is 47.0 Å². The molecule has 4 nitrogen and oxygen atoms in total. The maximum absolute atomic E-state index is 6.05. The summed E-state index contributed by atoms with van der Waals surface area (Å²) in [4.78, 5) is 0. The molecule has 0 bridgehead atoms. The highest BCUT2D eigenvalue weighted by Crippen LogP contribution is 2.25. The summed E-state index contributed by atoms with van der Waals surface area (Å²) in [6.45, 7) is 1.97. The van der Waals surface area contributed by atoms with Crippen LogP contribution in [0.15, 0.2) is 22.7 Å². The predicted octanol–water partition coefficient (Wildman–Crippen LogP) is 3.41. The quantitative estimate of drug-likeness (QED) is 0.606. The third-order valence-electron chi connectivity index (χ3n) is 3.40. The Morgan fingerprint density at radius 3 is 2.57 bits per heavy atom. The number of nitrogens with one attached hydrogen (secondary N) is 1. The smallest absolute Gasteiger partial charge is 0.0738 e. The van der Waals surface area contributed by atoms with Gasteiger partial charge in [0.05, 0.1) is 25.9 Å². The molecule has 114 valence electrons. The number of benzene rings is 1. The first-order chi connectivity index (χ1) is 9.92. The van der Waals surface area contributed by atoms with Crippen LogP contribution < -0.4 is 11.3 Å². The Morgan fingerprint density at radius 2 is 2.05 bits per heavy atom. The van der Waals surface area contributed by atoms with Gasteiger partial charge in [-0.2, -0.15) is 5.10 Å². The normalized spacial score (nSPS) is 12.7. The second-order valence-corrected chi connectivity index (χ2v) is 6.60. The maximum atomic E-state index is 6.05. The highest BCUT2D eigenvalue weighted by Gasteiger charge is 2.16. The van der Waals surface area contributed by atoms with Crippen LogP contribution in [0.4, 0.5) is 0 Å². The second-order valence-electron chi connectivity index (χ2n) is 4.99. The number of aryl methyl sites for hydroxylation is 2. The summed E-state index contributed by atoms with van der Waals surface area (Å²) >= 11 is 15.6. The van der Waals surface area contributed by atoms with E-state index in [-0.39, 0.29) is 6.04 Å². The van der Waals surface area contributed by atoms with Gasteiger partial charge in [0.1, 0.15) is 0 Å². The van der Waals surface area contributed by atoms with E-state index in [4.69, 9.17) is 29.0 Å². The molecule has 0 aliphatic carbocycles. The van der Waals surface area contributed by atoms with Crippen LogP contribution in [0.3, 0.4) is 0 Å². The Morgan fingerprint density at radius 1 is 1.33 bits per heavy atom. The Bertz CT molecular complexity index is 642. The molecule has 0 spiro atoms. The molecule has 21 heavy (non-hydrogen) atoms. The van der Waals surface area contributed by atoms with Crippen LogP contribution in [0.25, 0.3) is 0 Å². The molecule has 2 aromatic rings. The lowest BCUT2D eigenvalue weighted by Gasteiger charge is -2.17. The first-order valence-corrected chi connectivity index (χ1v) is 8.05. The van der Waals surface area contributed by atoms with Crippen LogP contribution in [-0.4, -0.2) is 15.8 Å². The van der Waals surface area contributed by atoms with Crippen molar-refractivity contribution in [1.82, 2.24) is 15.2 Å². The van der Waals surface area contributed by atoms with E-state index in [1.165, 1.54) is 0 Å². The largest absolute Gasteiger partial charge is 0.271 e. The number of hydrogen-bond donors (Lipinski definition) is 2. The molecule has 1 unspecified atom stereocenters. The van der Waals surface area contributed by atoms with Crippen molar-refractivity contribution in [3.63, 3.8) is 0 Å². The van der Waals surface area contributed by atoms with Gasteiger partial charge < -0.3 is 0 Å². The second kappa shape index (κ2) is 7.11. The number of rotatable bonds is 5.